The molecule has 0 spiro atoms. The SMILES string of the molecule is Cc1c(C(=O)Nc2nc3ccc(C(=O)N4CCN(C)CC4)cc3s2)cnn1-c1ccccn1. The molecule has 2 amide bonds. The van der Waals surface area contributed by atoms with Crippen molar-refractivity contribution >= 4 is 38.5 Å². The minimum Gasteiger partial charge on any atom is -0.336 e. The Morgan fingerprint density at radius 2 is 1.91 bits per heavy atom. The third-order valence-electron chi connectivity index (χ3n) is 5.77. The number of aromatic nitrogens is 4. The summed E-state index contributed by atoms with van der Waals surface area (Å²) in [5, 5.41) is 7.64. The number of pyridine rings is 1. The van der Waals surface area contributed by atoms with Crippen molar-refractivity contribution in [2.45, 2.75) is 6.92 Å². The third kappa shape index (κ3) is 4.22. The lowest BCUT2D eigenvalue weighted by molar-refractivity contribution is 0.0664. The van der Waals surface area contributed by atoms with E-state index in [1.165, 1.54) is 17.5 Å². The molecule has 3 aromatic heterocycles. The van der Waals surface area contributed by atoms with Crippen molar-refractivity contribution in [3.63, 3.8) is 0 Å². The highest BCUT2D eigenvalue weighted by Crippen LogP contribution is 2.28. The zero-order valence-corrected chi connectivity index (χ0v) is 19.2. The normalized spacial score (nSPS) is 14.5. The van der Waals surface area contributed by atoms with Gasteiger partial charge in [-0.2, -0.15) is 5.10 Å². The van der Waals surface area contributed by atoms with Crippen LogP contribution in [-0.2, 0) is 0 Å². The summed E-state index contributed by atoms with van der Waals surface area (Å²) in [5.74, 6) is 0.385. The van der Waals surface area contributed by atoms with Gasteiger partial charge in [0.15, 0.2) is 10.9 Å². The number of fused-ring (bicyclic) bond motifs is 1. The predicted octanol–water partition coefficient (Wildman–Crippen LogP) is 2.83. The van der Waals surface area contributed by atoms with Gasteiger partial charge in [-0.3, -0.25) is 14.9 Å². The van der Waals surface area contributed by atoms with Crippen molar-refractivity contribution in [1.82, 2.24) is 29.5 Å². The van der Waals surface area contributed by atoms with Crippen LogP contribution in [0.5, 0.6) is 0 Å². The van der Waals surface area contributed by atoms with E-state index < -0.39 is 0 Å². The molecule has 0 atom stereocenters. The van der Waals surface area contributed by atoms with Gasteiger partial charge in [-0.25, -0.2) is 14.6 Å². The van der Waals surface area contributed by atoms with Crippen molar-refractivity contribution in [2.75, 3.05) is 38.5 Å². The van der Waals surface area contributed by atoms with Gasteiger partial charge in [0.25, 0.3) is 11.8 Å². The average Bonchev–Trinajstić information content (AvgIpc) is 3.41. The van der Waals surface area contributed by atoms with Crippen LogP contribution in [0.3, 0.4) is 0 Å². The molecule has 1 aliphatic heterocycles. The van der Waals surface area contributed by atoms with Crippen LogP contribution in [-0.4, -0.2) is 74.6 Å². The Morgan fingerprint density at radius 1 is 1.09 bits per heavy atom. The summed E-state index contributed by atoms with van der Waals surface area (Å²) >= 11 is 1.35. The van der Waals surface area contributed by atoms with Crippen LogP contribution >= 0.6 is 11.3 Å². The molecule has 0 unspecified atom stereocenters. The molecule has 1 saturated heterocycles. The maximum absolute atomic E-state index is 12.9. The van der Waals surface area contributed by atoms with E-state index in [9.17, 15) is 9.59 Å². The molecule has 0 saturated carbocycles. The number of carbonyl (C=O) groups is 2. The molecule has 1 aromatic carbocycles. The molecule has 0 radical (unpaired) electrons. The van der Waals surface area contributed by atoms with Crippen LogP contribution in [0.25, 0.3) is 16.0 Å². The number of piperazine rings is 1. The van der Waals surface area contributed by atoms with Crippen molar-refractivity contribution in [1.29, 1.82) is 0 Å². The van der Waals surface area contributed by atoms with E-state index in [2.05, 4.69) is 32.3 Å². The van der Waals surface area contributed by atoms with E-state index in [0.717, 1.165) is 36.4 Å². The van der Waals surface area contributed by atoms with E-state index in [4.69, 9.17) is 0 Å². The number of hydrogen-bond acceptors (Lipinski definition) is 7. The topological polar surface area (TPSA) is 96.3 Å². The first kappa shape index (κ1) is 21.2. The number of amides is 2. The van der Waals surface area contributed by atoms with E-state index >= 15 is 0 Å². The molecule has 0 bridgehead atoms. The molecule has 4 aromatic rings. The Morgan fingerprint density at radius 3 is 2.67 bits per heavy atom. The summed E-state index contributed by atoms with van der Waals surface area (Å²) < 4.78 is 2.48. The molecule has 1 aliphatic rings. The minimum absolute atomic E-state index is 0.0292. The third-order valence-corrected chi connectivity index (χ3v) is 6.70. The van der Waals surface area contributed by atoms with Gasteiger partial charge in [-0.15, -0.1) is 0 Å². The Balaban J connectivity index is 1.33. The van der Waals surface area contributed by atoms with Crippen LogP contribution < -0.4 is 5.32 Å². The number of hydrogen-bond donors (Lipinski definition) is 1. The predicted molar refractivity (Wildman–Crippen MR) is 127 cm³/mol. The number of benzene rings is 1. The summed E-state index contributed by atoms with van der Waals surface area (Å²) in [6.07, 6.45) is 3.21. The smallest absolute Gasteiger partial charge is 0.260 e. The number of nitrogens with one attached hydrogen (secondary N) is 1. The van der Waals surface area contributed by atoms with Crippen molar-refractivity contribution in [2.24, 2.45) is 0 Å². The zero-order chi connectivity index (χ0) is 22.9. The highest BCUT2D eigenvalue weighted by Gasteiger charge is 2.21. The molecule has 5 rings (SSSR count). The van der Waals surface area contributed by atoms with Gasteiger partial charge < -0.3 is 9.80 Å². The Bertz CT molecular complexity index is 1320. The fourth-order valence-electron chi connectivity index (χ4n) is 3.81. The highest BCUT2D eigenvalue weighted by atomic mass is 32.1. The molecule has 168 valence electrons. The van der Waals surface area contributed by atoms with Gasteiger partial charge in [-0.05, 0) is 44.3 Å². The molecule has 9 nitrogen and oxygen atoms in total. The van der Waals surface area contributed by atoms with Gasteiger partial charge in [0, 0.05) is 37.9 Å². The highest BCUT2D eigenvalue weighted by molar-refractivity contribution is 7.22. The first-order chi connectivity index (χ1) is 16.0. The van der Waals surface area contributed by atoms with Gasteiger partial charge in [-0.1, -0.05) is 17.4 Å². The number of thiazole rings is 1. The summed E-state index contributed by atoms with van der Waals surface area (Å²) in [6, 6.07) is 11.0. The minimum atomic E-state index is -0.289. The molecule has 1 fully saturated rings. The lowest BCUT2D eigenvalue weighted by Gasteiger charge is -2.32. The largest absolute Gasteiger partial charge is 0.336 e. The number of anilines is 1. The Labute approximate surface area is 194 Å². The lowest BCUT2D eigenvalue weighted by Crippen LogP contribution is -2.47. The second-order valence-electron chi connectivity index (χ2n) is 7.99. The van der Waals surface area contributed by atoms with E-state index in [-0.39, 0.29) is 11.8 Å². The maximum Gasteiger partial charge on any atom is 0.260 e. The quantitative estimate of drug-likeness (QED) is 0.502. The van der Waals surface area contributed by atoms with E-state index in [1.54, 1.807) is 16.9 Å². The number of nitrogens with zero attached hydrogens (tertiary/aromatic N) is 6. The summed E-state index contributed by atoms with van der Waals surface area (Å²) in [6.45, 7) is 5.03. The Hall–Kier alpha value is -3.63. The zero-order valence-electron chi connectivity index (χ0n) is 18.4. The van der Waals surface area contributed by atoms with Crippen LogP contribution in [0.15, 0.2) is 48.8 Å². The lowest BCUT2D eigenvalue weighted by atomic mass is 10.1. The monoisotopic (exact) mass is 461 g/mol. The molecule has 33 heavy (non-hydrogen) atoms. The van der Waals surface area contributed by atoms with Gasteiger partial charge >= 0.3 is 0 Å². The number of rotatable bonds is 4. The average molecular weight is 462 g/mol. The molecular weight excluding hydrogens is 438 g/mol. The standard InChI is InChI=1S/C23H23N7O2S/c1-15-17(14-25-30(15)20-5-3-4-8-24-20)21(31)27-23-26-18-7-6-16(13-19(18)33-23)22(32)29-11-9-28(2)10-12-29/h3-8,13-14H,9-12H2,1-2H3,(H,26,27,31). The van der Waals surface area contributed by atoms with E-state index in [1.807, 2.05) is 42.2 Å². The molecule has 0 aliphatic carbocycles. The molecule has 10 heteroatoms. The van der Waals surface area contributed by atoms with Crippen LogP contribution in [0.2, 0.25) is 0 Å². The fourth-order valence-corrected chi connectivity index (χ4v) is 4.71. The van der Waals surface area contributed by atoms with Crippen LogP contribution in [0.4, 0.5) is 5.13 Å². The van der Waals surface area contributed by atoms with Crippen molar-refractivity contribution in [3.8, 4) is 5.82 Å². The maximum atomic E-state index is 12.9. The molecule has 1 N–H and O–H groups in total. The van der Waals surface area contributed by atoms with Crippen molar-refractivity contribution in [3.05, 3.63) is 65.6 Å². The summed E-state index contributed by atoms with van der Waals surface area (Å²) in [7, 11) is 2.06. The van der Waals surface area contributed by atoms with Gasteiger partial charge in [0.05, 0.1) is 27.7 Å². The summed E-state index contributed by atoms with van der Waals surface area (Å²) in [4.78, 5) is 38.7. The first-order valence-corrected chi connectivity index (χ1v) is 11.5. The summed E-state index contributed by atoms with van der Waals surface area (Å²) in [5.41, 5.74) is 2.52. The van der Waals surface area contributed by atoms with Crippen LogP contribution in [0.1, 0.15) is 26.4 Å². The van der Waals surface area contributed by atoms with Crippen molar-refractivity contribution < 1.29 is 9.59 Å². The first-order valence-electron chi connectivity index (χ1n) is 10.7. The molecular formula is C23H23N7O2S. The molecule has 4 heterocycles. The Kier molecular flexibility index (Phi) is 5.61. The van der Waals surface area contributed by atoms with Gasteiger partial charge in [0.1, 0.15) is 0 Å². The van der Waals surface area contributed by atoms with E-state index in [0.29, 0.717) is 27.8 Å². The number of carbonyl (C=O) groups excluding carboxylic acids is 2. The van der Waals surface area contributed by atoms with Gasteiger partial charge in [0.2, 0.25) is 0 Å². The fraction of sp³-hybridized carbons (Fsp3) is 0.261. The second-order valence-corrected chi connectivity index (χ2v) is 9.03. The number of likely N-dealkylation sites (N-methyl/N-ethyl adjacent to an activating group) is 1. The second kappa shape index (κ2) is 8.72. The van der Waals surface area contributed by atoms with Crippen LogP contribution in [0, 0.1) is 6.92 Å².